The molecule has 2 aromatic carbocycles. The number of hydrogen-bond acceptors (Lipinski definition) is 4. The summed E-state index contributed by atoms with van der Waals surface area (Å²) in [5.41, 5.74) is 3.92. The maximum Gasteiger partial charge on any atom is 0.198 e. The normalized spacial score (nSPS) is 18.4. The molecule has 0 amide bonds. The number of nitrogens with one attached hydrogen (secondary N) is 1. The van der Waals surface area contributed by atoms with Crippen molar-refractivity contribution in [3.05, 3.63) is 59.7 Å². The summed E-state index contributed by atoms with van der Waals surface area (Å²) < 4.78 is 10.9. The molecule has 1 unspecified atom stereocenters. The Morgan fingerprint density at radius 3 is 2.59 bits per heavy atom. The number of guanidine groups is 1. The van der Waals surface area contributed by atoms with Crippen LogP contribution in [0.3, 0.4) is 0 Å². The quantitative estimate of drug-likeness (QED) is 0.624. The third-order valence-corrected chi connectivity index (χ3v) is 5.80. The summed E-state index contributed by atoms with van der Waals surface area (Å²) in [7, 11) is 3.56. The van der Waals surface area contributed by atoms with E-state index in [0.29, 0.717) is 0 Å². The predicted molar refractivity (Wildman–Crippen MR) is 117 cm³/mol. The van der Waals surface area contributed by atoms with E-state index in [2.05, 4.69) is 56.5 Å². The average Bonchev–Trinajstić information content (AvgIpc) is 3.22. The van der Waals surface area contributed by atoms with Crippen molar-refractivity contribution in [2.75, 3.05) is 58.5 Å². The summed E-state index contributed by atoms with van der Waals surface area (Å²) in [6.45, 7) is 5.18. The van der Waals surface area contributed by atoms with Crippen molar-refractivity contribution in [2.45, 2.75) is 12.5 Å². The number of benzene rings is 2. The average molecular weight is 395 g/mol. The molecule has 29 heavy (non-hydrogen) atoms. The van der Waals surface area contributed by atoms with Gasteiger partial charge in [0.15, 0.2) is 5.96 Å². The summed E-state index contributed by atoms with van der Waals surface area (Å²) in [5.74, 6) is 1.81. The van der Waals surface area contributed by atoms with Crippen molar-refractivity contribution in [3.63, 3.8) is 0 Å². The van der Waals surface area contributed by atoms with E-state index in [9.17, 15) is 0 Å². The van der Waals surface area contributed by atoms with Crippen molar-refractivity contribution in [2.24, 2.45) is 4.99 Å². The summed E-state index contributed by atoms with van der Waals surface area (Å²) >= 11 is 0. The molecule has 2 heterocycles. The third kappa shape index (κ3) is 4.38. The van der Waals surface area contributed by atoms with Crippen molar-refractivity contribution >= 4 is 11.6 Å². The van der Waals surface area contributed by atoms with Crippen molar-refractivity contribution in [1.29, 1.82) is 0 Å². The molecule has 2 aromatic rings. The molecule has 0 aliphatic carbocycles. The van der Waals surface area contributed by atoms with Crippen LogP contribution in [0.15, 0.2) is 53.5 Å². The molecular weight excluding hydrogens is 364 g/mol. The van der Waals surface area contributed by atoms with Crippen LogP contribution < -0.4 is 15.0 Å². The number of hydrogen-bond donors (Lipinski definition) is 1. The zero-order valence-corrected chi connectivity index (χ0v) is 17.3. The van der Waals surface area contributed by atoms with Gasteiger partial charge in [-0.3, -0.25) is 9.89 Å². The van der Waals surface area contributed by atoms with Crippen molar-refractivity contribution in [3.8, 4) is 5.75 Å². The molecule has 0 radical (unpaired) electrons. The third-order valence-electron chi connectivity index (χ3n) is 5.80. The van der Waals surface area contributed by atoms with E-state index in [-0.39, 0.29) is 6.04 Å². The maximum atomic E-state index is 5.58. The summed E-state index contributed by atoms with van der Waals surface area (Å²) in [6.07, 6.45) is 1.06. The molecule has 6 heteroatoms. The Balaban J connectivity index is 1.51. The molecular formula is C23H30N4O2. The second-order valence-corrected chi connectivity index (χ2v) is 7.40. The minimum Gasteiger partial charge on any atom is -0.497 e. The Hall–Kier alpha value is -2.57. The van der Waals surface area contributed by atoms with E-state index in [1.165, 1.54) is 16.8 Å². The fourth-order valence-electron chi connectivity index (χ4n) is 4.21. The Labute approximate surface area is 173 Å². The number of para-hydroxylation sites is 1. The lowest BCUT2D eigenvalue weighted by atomic mass is 10.0. The van der Waals surface area contributed by atoms with Gasteiger partial charge in [0.25, 0.3) is 0 Å². The molecule has 0 spiro atoms. The first-order valence-corrected chi connectivity index (χ1v) is 10.3. The SMILES string of the molecule is CN=C(NCC(c1ccc(OC)cc1)N1CCOCC1)N1CCc2ccccc21. The van der Waals surface area contributed by atoms with Crippen LogP contribution in [0.5, 0.6) is 5.75 Å². The molecule has 2 aliphatic rings. The number of nitrogens with zero attached hydrogens (tertiary/aromatic N) is 3. The van der Waals surface area contributed by atoms with Crippen LogP contribution in [0.4, 0.5) is 5.69 Å². The first kappa shape index (κ1) is 19.7. The van der Waals surface area contributed by atoms with E-state index in [1.807, 2.05) is 19.2 Å². The monoisotopic (exact) mass is 394 g/mol. The van der Waals surface area contributed by atoms with E-state index in [4.69, 9.17) is 9.47 Å². The lowest BCUT2D eigenvalue weighted by Gasteiger charge is -2.35. The van der Waals surface area contributed by atoms with Crippen LogP contribution in [-0.4, -0.2) is 64.4 Å². The Kier molecular flexibility index (Phi) is 6.32. The first-order valence-electron chi connectivity index (χ1n) is 10.3. The standard InChI is InChI=1S/C23H30N4O2/c1-24-23(27-12-11-18-5-3-4-6-21(18)27)25-17-22(26-13-15-29-16-14-26)19-7-9-20(28-2)10-8-19/h3-10,22H,11-17H2,1-2H3,(H,24,25). The Bertz CT molecular complexity index is 831. The largest absolute Gasteiger partial charge is 0.497 e. The molecule has 0 aromatic heterocycles. The highest BCUT2D eigenvalue weighted by Gasteiger charge is 2.26. The molecule has 6 nitrogen and oxygen atoms in total. The van der Waals surface area contributed by atoms with Gasteiger partial charge in [0.1, 0.15) is 5.75 Å². The Morgan fingerprint density at radius 1 is 1.10 bits per heavy atom. The smallest absolute Gasteiger partial charge is 0.198 e. The van der Waals surface area contributed by atoms with Gasteiger partial charge in [-0.15, -0.1) is 0 Å². The molecule has 1 N–H and O–H groups in total. The number of aliphatic imine (C=N–C) groups is 1. The molecule has 1 saturated heterocycles. The van der Waals surface area contributed by atoms with Crippen molar-refractivity contribution in [1.82, 2.24) is 10.2 Å². The van der Waals surface area contributed by atoms with Crippen LogP contribution in [-0.2, 0) is 11.2 Å². The Morgan fingerprint density at radius 2 is 1.86 bits per heavy atom. The van der Waals surface area contributed by atoms with Crippen LogP contribution in [0.2, 0.25) is 0 Å². The van der Waals surface area contributed by atoms with Gasteiger partial charge in [-0.25, -0.2) is 0 Å². The number of ether oxygens (including phenoxy) is 2. The van der Waals surface area contributed by atoms with Gasteiger partial charge in [0, 0.05) is 38.9 Å². The molecule has 0 bridgehead atoms. The summed E-state index contributed by atoms with van der Waals surface area (Å²) in [5, 5.41) is 3.64. The molecule has 0 saturated carbocycles. The van der Waals surface area contributed by atoms with Crippen LogP contribution in [0.25, 0.3) is 0 Å². The molecule has 1 fully saturated rings. The van der Waals surface area contributed by atoms with Crippen LogP contribution >= 0.6 is 0 Å². The van der Waals surface area contributed by atoms with Gasteiger partial charge in [0.2, 0.25) is 0 Å². The number of methoxy groups -OCH3 is 1. The van der Waals surface area contributed by atoms with Gasteiger partial charge in [-0.05, 0) is 35.7 Å². The lowest BCUT2D eigenvalue weighted by molar-refractivity contribution is 0.0170. The van der Waals surface area contributed by atoms with Gasteiger partial charge in [-0.1, -0.05) is 30.3 Å². The van der Waals surface area contributed by atoms with E-state index in [0.717, 1.165) is 57.5 Å². The predicted octanol–water partition coefficient (Wildman–Crippen LogP) is 2.71. The zero-order valence-electron chi connectivity index (χ0n) is 17.3. The number of anilines is 1. The summed E-state index contributed by atoms with van der Waals surface area (Å²) in [4.78, 5) is 9.36. The van der Waals surface area contributed by atoms with Gasteiger partial charge in [0.05, 0.1) is 26.4 Å². The molecule has 2 aliphatic heterocycles. The van der Waals surface area contributed by atoms with E-state index < -0.39 is 0 Å². The minimum absolute atomic E-state index is 0.249. The van der Waals surface area contributed by atoms with Crippen molar-refractivity contribution < 1.29 is 9.47 Å². The molecule has 154 valence electrons. The van der Waals surface area contributed by atoms with E-state index in [1.54, 1.807) is 7.11 Å². The number of rotatable bonds is 5. The summed E-state index contributed by atoms with van der Waals surface area (Å²) in [6, 6.07) is 17.2. The lowest BCUT2D eigenvalue weighted by Crippen LogP contribution is -2.47. The minimum atomic E-state index is 0.249. The van der Waals surface area contributed by atoms with Gasteiger partial charge in [-0.2, -0.15) is 0 Å². The van der Waals surface area contributed by atoms with Gasteiger partial charge < -0.3 is 19.7 Å². The topological polar surface area (TPSA) is 49.3 Å². The highest BCUT2D eigenvalue weighted by atomic mass is 16.5. The number of fused-ring (bicyclic) bond motifs is 1. The van der Waals surface area contributed by atoms with Crippen LogP contribution in [0.1, 0.15) is 17.2 Å². The highest BCUT2D eigenvalue weighted by Crippen LogP contribution is 2.28. The van der Waals surface area contributed by atoms with Crippen LogP contribution in [0, 0.1) is 0 Å². The molecule has 1 atom stereocenters. The number of morpholine rings is 1. The zero-order chi connectivity index (χ0) is 20.1. The highest BCUT2D eigenvalue weighted by molar-refractivity contribution is 5.97. The maximum absolute atomic E-state index is 5.58. The van der Waals surface area contributed by atoms with Gasteiger partial charge >= 0.3 is 0 Å². The van der Waals surface area contributed by atoms with E-state index >= 15 is 0 Å². The second-order valence-electron chi connectivity index (χ2n) is 7.40. The molecule has 4 rings (SSSR count). The first-order chi connectivity index (χ1) is 14.3. The fourth-order valence-corrected chi connectivity index (χ4v) is 4.21. The second kappa shape index (κ2) is 9.29. The fraction of sp³-hybridized carbons (Fsp3) is 0.435.